The summed E-state index contributed by atoms with van der Waals surface area (Å²) in [6, 6.07) is 2.01. The Morgan fingerprint density at radius 1 is 1.55 bits per heavy atom. The number of aryl methyl sites for hydroxylation is 1. The molecule has 0 bridgehead atoms. The van der Waals surface area contributed by atoms with Crippen molar-refractivity contribution in [3.63, 3.8) is 0 Å². The summed E-state index contributed by atoms with van der Waals surface area (Å²) in [6.07, 6.45) is 1.80. The molecule has 0 saturated heterocycles. The van der Waals surface area contributed by atoms with Crippen molar-refractivity contribution in [3.8, 4) is 0 Å². The molecule has 2 heterocycles. The van der Waals surface area contributed by atoms with Gasteiger partial charge >= 0.3 is 0 Å². The Bertz CT molecular complexity index is 393. The molecule has 0 radical (unpaired) electrons. The van der Waals surface area contributed by atoms with Gasteiger partial charge < -0.3 is 4.98 Å². The number of fused-ring (bicyclic) bond motifs is 1. The van der Waals surface area contributed by atoms with E-state index in [4.69, 9.17) is 0 Å². The molecule has 0 unspecified atom stereocenters. The maximum absolute atomic E-state index is 4.24. The van der Waals surface area contributed by atoms with Gasteiger partial charge in [-0.3, -0.25) is 0 Å². The average molecular weight is 259 g/mol. The molecule has 0 atom stereocenters. The van der Waals surface area contributed by atoms with Gasteiger partial charge in [0.1, 0.15) is 0 Å². The molecule has 0 aromatic carbocycles. The molecule has 0 aliphatic carbocycles. The molecule has 0 amide bonds. The van der Waals surface area contributed by atoms with Crippen LogP contribution in [0.5, 0.6) is 0 Å². The second-order valence-electron chi connectivity index (χ2n) is 2.39. The van der Waals surface area contributed by atoms with Gasteiger partial charge in [0.05, 0.1) is 17.2 Å². The van der Waals surface area contributed by atoms with E-state index in [2.05, 4.69) is 37.5 Å². The molecule has 56 valence electrons. The van der Waals surface area contributed by atoms with Crippen LogP contribution in [-0.2, 0) is 0 Å². The lowest BCUT2D eigenvalue weighted by Gasteiger charge is -1.87. The maximum atomic E-state index is 4.24. The molecule has 3 nitrogen and oxygen atoms in total. The summed E-state index contributed by atoms with van der Waals surface area (Å²) in [5, 5.41) is 0. The van der Waals surface area contributed by atoms with Gasteiger partial charge in [0.15, 0.2) is 3.83 Å². The number of H-pyrrole nitrogens is 1. The molecule has 2 aromatic rings. The van der Waals surface area contributed by atoms with Gasteiger partial charge in [0, 0.05) is 28.3 Å². The van der Waals surface area contributed by atoms with Crippen molar-refractivity contribution in [2.24, 2.45) is 0 Å². The summed E-state index contributed by atoms with van der Waals surface area (Å²) in [5.74, 6) is 0. The molecule has 2 rings (SSSR count). The van der Waals surface area contributed by atoms with E-state index in [1.54, 1.807) is 6.20 Å². The summed E-state index contributed by atoms with van der Waals surface area (Å²) in [5.41, 5.74) is 3.11. The van der Waals surface area contributed by atoms with Crippen LogP contribution in [0, 0.1) is 10.8 Å². The summed E-state index contributed by atoms with van der Waals surface area (Å²) >= 11 is 2.10. The van der Waals surface area contributed by atoms with Crippen molar-refractivity contribution >= 4 is 33.6 Å². The van der Waals surface area contributed by atoms with Crippen molar-refractivity contribution in [2.75, 3.05) is 0 Å². The number of halogens is 1. The fraction of sp³-hybridized carbons (Fsp3) is 0.143. The smallest absolute Gasteiger partial charge is 0.191 e. The van der Waals surface area contributed by atoms with Gasteiger partial charge in [-0.15, -0.1) is 0 Å². The van der Waals surface area contributed by atoms with Crippen LogP contribution in [0.2, 0.25) is 0 Å². The number of nitrogens with one attached hydrogen (secondary N) is 1. The first-order chi connectivity index (χ1) is 5.25. The molecule has 0 fully saturated rings. The van der Waals surface area contributed by atoms with Crippen LogP contribution in [0.1, 0.15) is 5.69 Å². The second kappa shape index (κ2) is 2.44. The number of nitrogens with zero attached hydrogens (tertiary/aromatic N) is 2. The lowest BCUT2D eigenvalue weighted by atomic mass is 10.4. The number of hydrogen-bond acceptors (Lipinski definition) is 2. The molecule has 0 aliphatic rings. The zero-order valence-electron chi connectivity index (χ0n) is 5.93. The van der Waals surface area contributed by atoms with Crippen LogP contribution < -0.4 is 0 Å². The highest BCUT2D eigenvalue weighted by molar-refractivity contribution is 14.1. The minimum absolute atomic E-state index is 0.786. The summed E-state index contributed by atoms with van der Waals surface area (Å²) in [7, 11) is 0. The number of rotatable bonds is 0. The highest BCUT2D eigenvalue weighted by Gasteiger charge is 1.98. The van der Waals surface area contributed by atoms with E-state index in [9.17, 15) is 0 Å². The minimum atomic E-state index is 0.786. The minimum Gasteiger partial charge on any atom is -0.356 e. The van der Waals surface area contributed by atoms with E-state index in [-0.39, 0.29) is 0 Å². The zero-order chi connectivity index (χ0) is 7.84. The highest BCUT2D eigenvalue weighted by Crippen LogP contribution is 2.11. The van der Waals surface area contributed by atoms with Crippen LogP contribution in [0.4, 0.5) is 0 Å². The third kappa shape index (κ3) is 1.22. The van der Waals surface area contributed by atoms with E-state index >= 15 is 0 Å². The Labute approximate surface area is 77.4 Å². The molecular weight excluding hydrogens is 253 g/mol. The largest absolute Gasteiger partial charge is 0.356 e. The van der Waals surface area contributed by atoms with Crippen LogP contribution in [-0.4, -0.2) is 15.0 Å². The summed E-state index contributed by atoms with van der Waals surface area (Å²) in [4.78, 5) is 11.5. The Kier molecular flexibility index (Phi) is 1.56. The van der Waals surface area contributed by atoms with Crippen LogP contribution in [0.3, 0.4) is 0 Å². The van der Waals surface area contributed by atoms with Gasteiger partial charge in [-0.25, -0.2) is 9.97 Å². The van der Waals surface area contributed by atoms with Crippen molar-refractivity contribution in [2.45, 2.75) is 6.92 Å². The van der Waals surface area contributed by atoms with E-state index in [0.29, 0.717) is 0 Å². The van der Waals surface area contributed by atoms with Gasteiger partial charge in [-0.1, -0.05) is 0 Å². The van der Waals surface area contributed by atoms with Crippen LogP contribution >= 0.6 is 22.6 Å². The standard InChI is InChI=1S/C7H6IN3/c1-4-2-5-6(10-4)3-9-7(8)11-5/h2-3,10H,1H3. The Morgan fingerprint density at radius 3 is 3.18 bits per heavy atom. The first-order valence-corrected chi connectivity index (χ1v) is 4.31. The first kappa shape index (κ1) is 7.02. The van der Waals surface area contributed by atoms with E-state index in [1.807, 2.05) is 13.0 Å². The van der Waals surface area contributed by atoms with E-state index in [0.717, 1.165) is 20.6 Å². The van der Waals surface area contributed by atoms with E-state index in [1.165, 1.54) is 0 Å². The molecule has 0 spiro atoms. The van der Waals surface area contributed by atoms with E-state index < -0.39 is 0 Å². The normalized spacial score (nSPS) is 10.7. The molecule has 0 saturated carbocycles. The molecule has 2 aromatic heterocycles. The monoisotopic (exact) mass is 259 g/mol. The SMILES string of the molecule is Cc1cc2nc(I)ncc2[nH]1. The van der Waals surface area contributed by atoms with Gasteiger partial charge in [0.25, 0.3) is 0 Å². The van der Waals surface area contributed by atoms with Crippen molar-refractivity contribution in [1.82, 2.24) is 15.0 Å². The topological polar surface area (TPSA) is 41.6 Å². The second-order valence-corrected chi connectivity index (χ2v) is 3.36. The fourth-order valence-electron chi connectivity index (χ4n) is 1.03. The van der Waals surface area contributed by atoms with Crippen LogP contribution in [0.25, 0.3) is 11.0 Å². The first-order valence-electron chi connectivity index (χ1n) is 3.23. The van der Waals surface area contributed by atoms with Crippen molar-refractivity contribution in [1.29, 1.82) is 0 Å². The molecule has 11 heavy (non-hydrogen) atoms. The molecule has 0 aliphatic heterocycles. The van der Waals surface area contributed by atoms with Crippen LogP contribution in [0.15, 0.2) is 12.3 Å². The van der Waals surface area contributed by atoms with Crippen molar-refractivity contribution < 1.29 is 0 Å². The van der Waals surface area contributed by atoms with Gasteiger partial charge in [0.2, 0.25) is 0 Å². The fourth-order valence-corrected chi connectivity index (χ4v) is 1.43. The van der Waals surface area contributed by atoms with Gasteiger partial charge in [-0.05, 0) is 13.0 Å². The summed E-state index contributed by atoms with van der Waals surface area (Å²) < 4.78 is 0.786. The Morgan fingerprint density at radius 2 is 2.36 bits per heavy atom. The van der Waals surface area contributed by atoms with Crippen molar-refractivity contribution in [3.05, 3.63) is 21.8 Å². The number of aromatic amines is 1. The number of hydrogen-bond donors (Lipinski definition) is 1. The molecule has 1 N–H and O–H groups in total. The quantitative estimate of drug-likeness (QED) is 0.579. The molecule has 4 heteroatoms. The third-order valence-electron chi connectivity index (χ3n) is 1.47. The predicted octanol–water partition coefficient (Wildman–Crippen LogP) is 1.87. The highest BCUT2D eigenvalue weighted by atomic mass is 127. The zero-order valence-corrected chi connectivity index (χ0v) is 8.08. The predicted molar refractivity (Wildman–Crippen MR) is 51.3 cm³/mol. The Balaban J connectivity index is 2.82. The lowest BCUT2D eigenvalue weighted by molar-refractivity contribution is 1.15. The molecular formula is C7H6IN3. The maximum Gasteiger partial charge on any atom is 0.191 e. The lowest BCUT2D eigenvalue weighted by Crippen LogP contribution is -1.84. The Hall–Kier alpha value is -0.650. The van der Waals surface area contributed by atoms with Gasteiger partial charge in [-0.2, -0.15) is 0 Å². The average Bonchev–Trinajstić information content (AvgIpc) is 2.27. The third-order valence-corrected chi connectivity index (χ3v) is 1.99. The summed E-state index contributed by atoms with van der Waals surface area (Å²) in [6.45, 7) is 2.01. The number of aromatic nitrogens is 3.